The zero-order valence-corrected chi connectivity index (χ0v) is 13.7. The molecule has 2 aliphatic heterocycles. The summed E-state index contributed by atoms with van der Waals surface area (Å²) in [5.74, 6) is 0.0501. The Morgan fingerprint density at radius 2 is 2.04 bits per heavy atom. The van der Waals surface area contributed by atoms with Crippen LogP contribution in [0.1, 0.15) is 41.6 Å². The van der Waals surface area contributed by atoms with Gasteiger partial charge in [-0.2, -0.15) is 0 Å². The van der Waals surface area contributed by atoms with Crippen LogP contribution in [-0.2, 0) is 16.1 Å². The number of likely N-dealkylation sites (tertiary alicyclic amines) is 1. The van der Waals surface area contributed by atoms with E-state index in [1.165, 1.54) is 0 Å². The van der Waals surface area contributed by atoms with Crippen LogP contribution in [-0.4, -0.2) is 54.4 Å². The molecule has 0 bridgehead atoms. The highest BCUT2D eigenvalue weighted by molar-refractivity contribution is 5.94. The molecule has 1 aromatic carbocycles. The van der Waals surface area contributed by atoms with Crippen LogP contribution in [0.4, 0.5) is 0 Å². The fraction of sp³-hybridized carbons (Fsp3) is 0.611. The third-order valence-corrected chi connectivity index (χ3v) is 5.03. The van der Waals surface area contributed by atoms with Gasteiger partial charge in [-0.3, -0.25) is 4.79 Å². The molecule has 126 valence electrons. The molecule has 2 fully saturated rings. The van der Waals surface area contributed by atoms with E-state index < -0.39 is 11.7 Å². The summed E-state index contributed by atoms with van der Waals surface area (Å²) in [6.07, 6.45) is 2.74. The molecule has 23 heavy (non-hydrogen) atoms. The molecule has 0 saturated carbocycles. The van der Waals surface area contributed by atoms with E-state index in [1.807, 2.05) is 29.2 Å². The number of carbonyl (C=O) groups is 1. The highest BCUT2D eigenvalue weighted by Crippen LogP contribution is 2.35. The molecule has 1 atom stereocenters. The quantitative estimate of drug-likeness (QED) is 0.925. The van der Waals surface area contributed by atoms with Crippen LogP contribution in [0.5, 0.6) is 0 Å². The van der Waals surface area contributed by atoms with Crippen molar-refractivity contribution in [3.63, 3.8) is 0 Å². The van der Waals surface area contributed by atoms with Crippen molar-refractivity contribution in [2.45, 2.75) is 44.0 Å². The van der Waals surface area contributed by atoms with Gasteiger partial charge in [0.2, 0.25) is 0 Å². The van der Waals surface area contributed by atoms with Crippen molar-refractivity contribution in [2.24, 2.45) is 0 Å². The second-order valence-corrected chi connectivity index (χ2v) is 6.49. The van der Waals surface area contributed by atoms with Gasteiger partial charge in [-0.15, -0.1) is 0 Å². The number of piperidine rings is 1. The second kappa shape index (κ2) is 6.99. The first-order valence-electron chi connectivity index (χ1n) is 8.34. The van der Waals surface area contributed by atoms with Crippen molar-refractivity contribution in [1.29, 1.82) is 0 Å². The largest absolute Gasteiger partial charge is 0.390 e. The van der Waals surface area contributed by atoms with Gasteiger partial charge in [0, 0.05) is 32.4 Å². The number of aliphatic hydroxyl groups excluding tert-OH is 1. The number of nitrogens with zero attached hydrogens (tertiary/aromatic N) is 1. The average molecular weight is 319 g/mol. The predicted molar refractivity (Wildman–Crippen MR) is 86.2 cm³/mol. The highest BCUT2D eigenvalue weighted by atomic mass is 16.5. The number of methoxy groups -OCH3 is 1. The summed E-state index contributed by atoms with van der Waals surface area (Å²) in [5, 5.41) is 10.3. The first-order valence-corrected chi connectivity index (χ1v) is 8.34. The molecule has 2 saturated heterocycles. The monoisotopic (exact) mass is 319 g/mol. The van der Waals surface area contributed by atoms with E-state index in [0.717, 1.165) is 18.4 Å². The summed E-state index contributed by atoms with van der Waals surface area (Å²) >= 11 is 0. The average Bonchev–Trinajstić information content (AvgIpc) is 2.59. The third-order valence-electron chi connectivity index (χ3n) is 5.03. The highest BCUT2D eigenvalue weighted by Gasteiger charge is 2.44. The summed E-state index contributed by atoms with van der Waals surface area (Å²) in [5.41, 5.74) is 1.32. The molecule has 1 aromatic rings. The Balaban J connectivity index is 1.61. The zero-order valence-electron chi connectivity index (χ0n) is 13.7. The van der Waals surface area contributed by atoms with Crippen LogP contribution >= 0.6 is 0 Å². The molecule has 5 nitrogen and oxygen atoms in total. The van der Waals surface area contributed by atoms with Crippen molar-refractivity contribution in [3.8, 4) is 0 Å². The predicted octanol–water partition coefficient (Wildman–Crippen LogP) is 1.98. The molecular formula is C18H25NO4. The molecule has 1 unspecified atom stereocenters. The number of hydrogen-bond donors (Lipinski definition) is 1. The van der Waals surface area contributed by atoms with Crippen molar-refractivity contribution in [1.82, 2.24) is 4.90 Å². The first kappa shape index (κ1) is 16.4. The molecule has 3 rings (SSSR count). The maximum absolute atomic E-state index is 12.6. The van der Waals surface area contributed by atoms with Gasteiger partial charge in [-0.1, -0.05) is 12.1 Å². The van der Waals surface area contributed by atoms with Gasteiger partial charge in [-0.05, 0) is 43.4 Å². The Hall–Kier alpha value is -1.43. The van der Waals surface area contributed by atoms with Crippen LogP contribution < -0.4 is 0 Å². The van der Waals surface area contributed by atoms with Crippen molar-refractivity contribution < 1.29 is 19.4 Å². The molecule has 1 spiro atoms. The van der Waals surface area contributed by atoms with Gasteiger partial charge in [0.15, 0.2) is 0 Å². The molecule has 0 aliphatic carbocycles. The second-order valence-electron chi connectivity index (χ2n) is 6.49. The lowest BCUT2D eigenvalue weighted by Crippen LogP contribution is -2.56. The number of carbonyl (C=O) groups excluding carboxylic acids is 1. The van der Waals surface area contributed by atoms with E-state index >= 15 is 0 Å². The summed E-state index contributed by atoms with van der Waals surface area (Å²) in [4.78, 5) is 14.5. The van der Waals surface area contributed by atoms with E-state index in [4.69, 9.17) is 9.47 Å². The molecule has 2 aliphatic rings. The maximum Gasteiger partial charge on any atom is 0.253 e. The minimum atomic E-state index is -0.433. The van der Waals surface area contributed by atoms with Crippen LogP contribution in [0.3, 0.4) is 0 Å². The number of hydrogen-bond acceptors (Lipinski definition) is 4. The number of ether oxygens (including phenoxy) is 2. The normalized spacial score (nSPS) is 23.9. The number of aliphatic hydroxyl groups is 1. The van der Waals surface area contributed by atoms with E-state index in [1.54, 1.807) is 7.11 Å². The Morgan fingerprint density at radius 1 is 1.35 bits per heavy atom. The first-order chi connectivity index (χ1) is 11.1. The fourth-order valence-electron chi connectivity index (χ4n) is 3.57. The number of amides is 1. The third kappa shape index (κ3) is 3.42. The number of rotatable bonds is 3. The zero-order chi connectivity index (χ0) is 16.3. The van der Waals surface area contributed by atoms with Crippen LogP contribution in [0.2, 0.25) is 0 Å². The lowest BCUT2D eigenvalue weighted by atomic mass is 9.82. The minimum absolute atomic E-state index is 0.0501. The summed E-state index contributed by atoms with van der Waals surface area (Å²) in [7, 11) is 1.66. The lowest BCUT2D eigenvalue weighted by Gasteiger charge is -2.46. The van der Waals surface area contributed by atoms with Crippen molar-refractivity contribution >= 4 is 5.91 Å². The fourth-order valence-corrected chi connectivity index (χ4v) is 3.57. The van der Waals surface area contributed by atoms with E-state index in [2.05, 4.69) is 0 Å². The molecule has 5 heteroatoms. The van der Waals surface area contributed by atoms with Crippen molar-refractivity contribution in [2.75, 3.05) is 26.8 Å². The minimum Gasteiger partial charge on any atom is -0.390 e. The molecular weight excluding hydrogens is 294 g/mol. The van der Waals surface area contributed by atoms with Crippen LogP contribution in [0.15, 0.2) is 24.3 Å². The van der Waals surface area contributed by atoms with E-state index in [9.17, 15) is 9.90 Å². The molecule has 0 radical (unpaired) electrons. The van der Waals surface area contributed by atoms with Crippen LogP contribution in [0, 0.1) is 0 Å². The van der Waals surface area contributed by atoms with E-state index in [0.29, 0.717) is 44.7 Å². The standard InChI is InChI=1S/C18H25NO4/c1-22-13-14-4-6-15(7-5-14)17(21)19-10-8-18(9-11-19)16(20)3-2-12-23-18/h4-7,16,20H,2-3,8-13H2,1H3. The van der Waals surface area contributed by atoms with Gasteiger partial charge < -0.3 is 19.5 Å². The molecule has 1 amide bonds. The van der Waals surface area contributed by atoms with Gasteiger partial charge in [0.1, 0.15) is 0 Å². The van der Waals surface area contributed by atoms with Crippen LogP contribution in [0.25, 0.3) is 0 Å². The van der Waals surface area contributed by atoms with Gasteiger partial charge in [-0.25, -0.2) is 0 Å². The topological polar surface area (TPSA) is 59.0 Å². The molecule has 0 aromatic heterocycles. The van der Waals surface area contributed by atoms with E-state index in [-0.39, 0.29) is 5.91 Å². The summed E-state index contributed by atoms with van der Waals surface area (Å²) < 4.78 is 11.0. The van der Waals surface area contributed by atoms with Crippen molar-refractivity contribution in [3.05, 3.63) is 35.4 Å². The lowest BCUT2D eigenvalue weighted by molar-refractivity contribution is -0.174. The maximum atomic E-state index is 12.6. The Labute approximate surface area is 137 Å². The number of benzene rings is 1. The Morgan fingerprint density at radius 3 is 2.65 bits per heavy atom. The molecule has 2 heterocycles. The summed E-state index contributed by atoms with van der Waals surface area (Å²) in [6.45, 7) is 2.54. The van der Waals surface area contributed by atoms with Gasteiger partial charge in [0.25, 0.3) is 5.91 Å². The smallest absolute Gasteiger partial charge is 0.253 e. The summed E-state index contributed by atoms with van der Waals surface area (Å²) in [6, 6.07) is 7.56. The van der Waals surface area contributed by atoms with Gasteiger partial charge >= 0.3 is 0 Å². The van der Waals surface area contributed by atoms with Gasteiger partial charge in [0.05, 0.1) is 18.3 Å². The Kier molecular flexibility index (Phi) is 4.99. The SMILES string of the molecule is COCc1ccc(C(=O)N2CCC3(CC2)OCCCC3O)cc1. The Bertz CT molecular complexity index is 534. The molecule has 1 N–H and O–H groups in total.